The molecule has 1 heterocycles. The van der Waals surface area contributed by atoms with Crippen LogP contribution in [0.15, 0.2) is 0 Å². The Hall–Kier alpha value is -1.50. The minimum absolute atomic E-state index is 0.113. The Morgan fingerprint density at radius 2 is 2.38 bits per heavy atom. The fourth-order valence-corrected chi connectivity index (χ4v) is 1.24. The number of hydrogen-bond acceptors (Lipinski definition) is 2. The quantitative estimate of drug-likeness (QED) is 0.504. The van der Waals surface area contributed by atoms with E-state index in [0.717, 1.165) is 0 Å². The fourth-order valence-electron chi connectivity index (χ4n) is 1.24. The zero-order valence-corrected chi connectivity index (χ0v) is 7.76. The molecule has 0 aromatic rings. The van der Waals surface area contributed by atoms with E-state index < -0.39 is 6.04 Å². The molecule has 1 aliphatic heterocycles. The van der Waals surface area contributed by atoms with Gasteiger partial charge in [0.2, 0.25) is 5.91 Å². The van der Waals surface area contributed by atoms with Crippen LogP contribution in [0.1, 0.15) is 13.8 Å². The summed E-state index contributed by atoms with van der Waals surface area (Å²) in [7, 11) is 0. The number of amides is 2. The SMILES string of the molecule is CC#CC(=O)N1CCNC(=O)C1C. The lowest BCUT2D eigenvalue weighted by Gasteiger charge is -2.31. The molecule has 1 N–H and O–H groups in total. The smallest absolute Gasteiger partial charge is 0.299 e. The maximum absolute atomic E-state index is 11.3. The van der Waals surface area contributed by atoms with Crippen molar-refractivity contribution in [1.29, 1.82) is 0 Å². The first-order chi connectivity index (χ1) is 6.16. The van der Waals surface area contributed by atoms with Gasteiger partial charge in [-0.15, -0.1) is 0 Å². The van der Waals surface area contributed by atoms with Gasteiger partial charge in [0.1, 0.15) is 6.04 Å². The predicted octanol–water partition coefficient (Wildman–Crippen LogP) is -0.643. The molecule has 1 atom stereocenters. The number of rotatable bonds is 0. The highest BCUT2D eigenvalue weighted by molar-refractivity contribution is 5.97. The molecule has 1 unspecified atom stereocenters. The molecule has 0 spiro atoms. The summed E-state index contributed by atoms with van der Waals surface area (Å²) in [5, 5.41) is 2.68. The minimum atomic E-state index is -0.401. The van der Waals surface area contributed by atoms with Crippen molar-refractivity contribution in [3.05, 3.63) is 0 Å². The van der Waals surface area contributed by atoms with E-state index in [1.807, 2.05) is 0 Å². The van der Waals surface area contributed by atoms with E-state index in [2.05, 4.69) is 17.2 Å². The van der Waals surface area contributed by atoms with Gasteiger partial charge in [-0.3, -0.25) is 9.59 Å². The van der Waals surface area contributed by atoms with Crippen LogP contribution in [0.3, 0.4) is 0 Å². The standard InChI is InChI=1S/C9H12N2O2/c1-3-4-8(12)11-6-5-10-9(13)7(11)2/h7H,5-6H2,1-2H3,(H,10,13). The summed E-state index contributed by atoms with van der Waals surface area (Å²) in [6.07, 6.45) is 0. The zero-order valence-electron chi connectivity index (χ0n) is 7.76. The monoisotopic (exact) mass is 180 g/mol. The number of piperazine rings is 1. The maximum atomic E-state index is 11.3. The van der Waals surface area contributed by atoms with Crippen LogP contribution in [-0.2, 0) is 9.59 Å². The van der Waals surface area contributed by atoms with Gasteiger partial charge in [0.25, 0.3) is 5.91 Å². The summed E-state index contributed by atoms with van der Waals surface area (Å²) in [5.74, 6) is 4.56. The molecule has 1 saturated heterocycles. The molecule has 4 heteroatoms. The number of nitrogens with zero attached hydrogens (tertiary/aromatic N) is 1. The van der Waals surface area contributed by atoms with Gasteiger partial charge in [-0.2, -0.15) is 0 Å². The molecule has 4 nitrogen and oxygen atoms in total. The third kappa shape index (κ3) is 2.00. The number of hydrogen-bond donors (Lipinski definition) is 1. The van der Waals surface area contributed by atoms with Crippen molar-refractivity contribution in [1.82, 2.24) is 10.2 Å². The highest BCUT2D eigenvalue weighted by Gasteiger charge is 2.27. The summed E-state index contributed by atoms with van der Waals surface area (Å²) >= 11 is 0. The van der Waals surface area contributed by atoms with Gasteiger partial charge in [0.15, 0.2) is 0 Å². The fraction of sp³-hybridized carbons (Fsp3) is 0.556. The lowest BCUT2D eigenvalue weighted by Crippen LogP contribution is -2.55. The van der Waals surface area contributed by atoms with E-state index >= 15 is 0 Å². The van der Waals surface area contributed by atoms with Crippen LogP contribution >= 0.6 is 0 Å². The molecule has 13 heavy (non-hydrogen) atoms. The zero-order chi connectivity index (χ0) is 9.84. The second-order valence-corrected chi connectivity index (χ2v) is 2.84. The van der Waals surface area contributed by atoms with Crippen LogP contribution in [-0.4, -0.2) is 35.8 Å². The molecule has 2 amide bonds. The topological polar surface area (TPSA) is 49.4 Å². The lowest BCUT2D eigenvalue weighted by atomic mass is 10.2. The molecule has 0 aromatic heterocycles. The molecule has 0 aromatic carbocycles. The van der Waals surface area contributed by atoms with E-state index in [-0.39, 0.29) is 11.8 Å². The van der Waals surface area contributed by atoms with E-state index in [1.165, 1.54) is 4.90 Å². The van der Waals surface area contributed by atoms with Crippen LogP contribution < -0.4 is 5.32 Å². The molecular formula is C9H12N2O2. The van der Waals surface area contributed by atoms with E-state index in [1.54, 1.807) is 13.8 Å². The van der Waals surface area contributed by atoms with Crippen LogP contribution in [0.25, 0.3) is 0 Å². The first kappa shape index (κ1) is 9.59. The molecule has 1 fully saturated rings. The Balaban J connectivity index is 2.71. The Kier molecular flexibility index (Phi) is 2.91. The molecular weight excluding hydrogens is 168 g/mol. The highest BCUT2D eigenvalue weighted by Crippen LogP contribution is 2.03. The van der Waals surface area contributed by atoms with Gasteiger partial charge in [0.05, 0.1) is 0 Å². The van der Waals surface area contributed by atoms with Crippen LogP contribution in [0, 0.1) is 11.8 Å². The van der Waals surface area contributed by atoms with Gasteiger partial charge < -0.3 is 10.2 Å². The largest absolute Gasteiger partial charge is 0.353 e. The highest BCUT2D eigenvalue weighted by atomic mass is 16.2. The average Bonchev–Trinajstić information content (AvgIpc) is 2.10. The Morgan fingerprint density at radius 1 is 1.69 bits per heavy atom. The number of carbonyl (C=O) groups excluding carboxylic acids is 2. The molecule has 0 radical (unpaired) electrons. The van der Waals surface area contributed by atoms with Crippen molar-refractivity contribution < 1.29 is 9.59 Å². The Bertz CT molecular complexity index is 288. The molecule has 1 rings (SSSR count). The number of carbonyl (C=O) groups is 2. The maximum Gasteiger partial charge on any atom is 0.299 e. The van der Waals surface area contributed by atoms with Gasteiger partial charge in [-0.25, -0.2) is 0 Å². The third-order valence-electron chi connectivity index (χ3n) is 1.99. The van der Waals surface area contributed by atoms with Crippen molar-refractivity contribution in [3.8, 4) is 11.8 Å². The minimum Gasteiger partial charge on any atom is -0.353 e. The third-order valence-corrected chi connectivity index (χ3v) is 1.99. The van der Waals surface area contributed by atoms with Crippen LogP contribution in [0.4, 0.5) is 0 Å². The van der Waals surface area contributed by atoms with Crippen molar-refractivity contribution in [3.63, 3.8) is 0 Å². The van der Waals surface area contributed by atoms with Crippen molar-refractivity contribution >= 4 is 11.8 Å². The second kappa shape index (κ2) is 3.94. The first-order valence-corrected chi connectivity index (χ1v) is 4.18. The van der Waals surface area contributed by atoms with Gasteiger partial charge in [0, 0.05) is 13.1 Å². The summed E-state index contributed by atoms with van der Waals surface area (Å²) < 4.78 is 0. The summed E-state index contributed by atoms with van der Waals surface area (Å²) in [5.41, 5.74) is 0. The van der Waals surface area contributed by atoms with Crippen molar-refractivity contribution in [2.75, 3.05) is 13.1 Å². The van der Waals surface area contributed by atoms with Gasteiger partial charge in [-0.05, 0) is 19.8 Å². The molecule has 0 saturated carbocycles. The van der Waals surface area contributed by atoms with Crippen molar-refractivity contribution in [2.45, 2.75) is 19.9 Å². The Labute approximate surface area is 77.3 Å². The normalized spacial score (nSPS) is 21.5. The van der Waals surface area contributed by atoms with Gasteiger partial charge >= 0.3 is 0 Å². The van der Waals surface area contributed by atoms with E-state index in [4.69, 9.17) is 0 Å². The van der Waals surface area contributed by atoms with Crippen LogP contribution in [0.5, 0.6) is 0 Å². The number of nitrogens with one attached hydrogen (secondary N) is 1. The molecule has 0 aliphatic carbocycles. The van der Waals surface area contributed by atoms with Crippen molar-refractivity contribution in [2.24, 2.45) is 0 Å². The van der Waals surface area contributed by atoms with Gasteiger partial charge in [-0.1, -0.05) is 5.92 Å². The molecule has 70 valence electrons. The first-order valence-electron chi connectivity index (χ1n) is 4.18. The van der Waals surface area contributed by atoms with E-state index in [0.29, 0.717) is 13.1 Å². The average molecular weight is 180 g/mol. The molecule has 0 bridgehead atoms. The second-order valence-electron chi connectivity index (χ2n) is 2.84. The summed E-state index contributed by atoms with van der Waals surface area (Å²) in [6, 6.07) is -0.401. The summed E-state index contributed by atoms with van der Waals surface area (Å²) in [6.45, 7) is 4.36. The van der Waals surface area contributed by atoms with Crippen LogP contribution in [0.2, 0.25) is 0 Å². The van der Waals surface area contributed by atoms with E-state index in [9.17, 15) is 9.59 Å². The Morgan fingerprint density at radius 3 is 3.00 bits per heavy atom. The molecule has 1 aliphatic rings. The summed E-state index contributed by atoms with van der Waals surface area (Å²) in [4.78, 5) is 24.0. The predicted molar refractivity (Wildman–Crippen MR) is 47.6 cm³/mol. The lowest BCUT2D eigenvalue weighted by molar-refractivity contribution is -0.138.